The fraction of sp³-hybridized carbons (Fsp3) is 0.238. The number of hydrogen-bond donors (Lipinski definition) is 1. The molecule has 3 heterocycles. The van der Waals surface area contributed by atoms with Gasteiger partial charge in [0, 0.05) is 30.7 Å². The zero-order chi connectivity index (χ0) is 23.0. The molecule has 1 atom stereocenters. The Kier molecular flexibility index (Phi) is 5.33. The maximum absolute atomic E-state index is 13.3. The number of carbonyl (C=O) groups is 2. The first kappa shape index (κ1) is 21.3. The Bertz CT molecular complexity index is 1180. The summed E-state index contributed by atoms with van der Waals surface area (Å²) in [7, 11) is 1.14. The van der Waals surface area contributed by atoms with Crippen LogP contribution in [0.3, 0.4) is 0 Å². The monoisotopic (exact) mass is 445 g/mol. The minimum Gasteiger partial charge on any atom is -0.496 e. The van der Waals surface area contributed by atoms with E-state index in [1.54, 1.807) is 12.1 Å². The van der Waals surface area contributed by atoms with Gasteiger partial charge in [-0.05, 0) is 31.2 Å². The van der Waals surface area contributed by atoms with Crippen molar-refractivity contribution >= 4 is 23.2 Å². The summed E-state index contributed by atoms with van der Waals surface area (Å²) in [5.41, 5.74) is -0.0772. The highest BCUT2D eigenvalue weighted by Gasteiger charge is 2.37. The van der Waals surface area contributed by atoms with E-state index in [1.807, 2.05) is 6.92 Å². The predicted octanol–water partition coefficient (Wildman–Crippen LogP) is 3.78. The van der Waals surface area contributed by atoms with E-state index in [0.29, 0.717) is 5.56 Å². The maximum atomic E-state index is 13.3. The Morgan fingerprint density at radius 1 is 1.25 bits per heavy atom. The van der Waals surface area contributed by atoms with Crippen LogP contribution in [-0.4, -0.2) is 40.2 Å². The zero-order valence-corrected chi connectivity index (χ0v) is 17.1. The molecule has 4 rings (SSSR count). The molecule has 0 spiro atoms. The van der Waals surface area contributed by atoms with Crippen molar-refractivity contribution < 1.29 is 27.5 Å². The van der Waals surface area contributed by atoms with Crippen LogP contribution in [-0.2, 0) is 6.18 Å². The van der Waals surface area contributed by atoms with E-state index in [9.17, 15) is 22.8 Å². The second kappa shape index (κ2) is 7.98. The van der Waals surface area contributed by atoms with Crippen molar-refractivity contribution in [3.63, 3.8) is 0 Å². The van der Waals surface area contributed by atoms with Crippen molar-refractivity contribution in [2.75, 3.05) is 23.9 Å². The van der Waals surface area contributed by atoms with Crippen LogP contribution in [0, 0.1) is 0 Å². The molecule has 1 aliphatic rings. The number of fused-ring (bicyclic) bond motifs is 1. The number of nitrogens with one attached hydrogen (secondary N) is 1. The Balaban J connectivity index is 1.68. The van der Waals surface area contributed by atoms with Crippen LogP contribution in [0.1, 0.15) is 39.4 Å². The van der Waals surface area contributed by atoms with Gasteiger partial charge in [-0.1, -0.05) is 0 Å². The standard InChI is InChI=1S/C21H18F3N5O3/c1-12-11-28(14-5-6-15(21(22,23)24)17(8-14)32-2)20(31)18-16(10-26-29(12)18)27-19(30)13-4-3-7-25-9-13/h3-10,12H,11H2,1-2H3,(H,27,30)/t12-/m0/s1. The van der Waals surface area contributed by atoms with Crippen molar-refractivity contribution in [2.45, 2.75) is 19.1 Å². The highest BCUT2D eigenvalue weighted by Crippen LogP contribution is 2.39. The van der Waals surface area contributed by atoms with Gasteiger partial charge in [0.2, 0.25) is 0 Å². The summed E-state index contributed by atoms with van der Waals surface area (Å²) in [6.07, 6.45) is -0.309. The van der Waals surface area contributed by atoms with Crippen molar-refractivity contribution in [1.82, 2.24) is 14.8 Å². The molecule has 32 heavy (non-hydrogen) atoms. The largest absolute Gasteiger partial charge is 0.496 e. The highest BCUT2D eigenvalue weighted by atomic mass is 19.4. The molecule has 0 saturated carbocycles. The summed E-state index contributed by atoms with van der Waals surface area (Å²) in [5.74, 6) is -1.37. The molecule has 0 saturated heterocycles. The van der Waals surface area contributed by atoms with Crippen LogP contribution in [0.4, 0.5) is 24.5 Å². The number of pyridine rings is 1. The van der Waals surface area contributed by atoms with Gasteiger partial charge in [0.05, 0.1) is 36.2 Å². The molecule has 2 aromatic heterocycles. The van der Waals surface area contributed by atoms with Crippen LogP contribution < -0.4 is 15.0 Å². The van der Waals surface area contributed by atoms with Crippen molar-refractivity contribution in [3.05, 3.63) is 65.7 Å². The Morgan fingerprint density at radius 2 is 2.03 bits per heavy atom. The average molecular weight is 445 g/mol. The van der Waals surface area contributed by atoms with Gasteiger partial charge >= 0.3 is 6.18 Å². The minimum atomic E-state index is -4.59. The number of rotatable bonds is 4. The fourth-order valence-electron chi connectivity index (χ4n) is 3.55. The lowest BCUT2D eigenvalue weighted by atomic mass is 10.1. The third-order valence-corrected chi connectivity index (χ3v) is 5.08. The van der Waals surface area contributed by atoms with E-state index >= 15 is 0 Å². The average Bonchev–Trinajstić information content (AvgIpc) is 3.20. The van der Waals surface area contributed by atoms with Gasteiger partial charge < -0.3 is 15.0 Å². The summed E-state index contributed by atoms with van der Waals surface area (Å²) in [6, 6.07) is 6.16. The first-order chi connectivity index (χ1) is 15.2. The van der Waals surface area contributed by atoms with Gasteiger partial charge in [0.15, 0.2) is 5.69 Å². The third kappa shape index (κ3) is 3.77. The molecule has 166 valence electrons. The molecular weight excluding hydrogens is 427 g/mol. The van der Waals surface area contributed by atoms with Gasteiger partial charge in [-0.2, -0.15) is 18.3 Å². The Hall–Kier alpha value is -3.89. The van der Waals surface area contributed by atoms with Crippen LogP contribution in [0.25, 0.3) is 0 Å². The lowest BCUT2D eigenvalue weighted by Gasteiger charge is -2.32. The van der Waals surface area contributed by atoms with Crippen molar-refractivity contribution in [1.29, 1.82) is 0 Å². The number of nitrogens with zero attached hydrogens (tertiary/aromatic N) is 4. The van der Waals surface area contributed by atoms with Crippen LogP contribution >= 0.6 is 0 Å². The summed E-state index contributed by atoms with van der Waals surface area (Å²) >= 11 is 0. The molecule has 1 N–H and O–H groups in total. The predicted molar refractivity (Wildman–Crippen MR) is 109 cm³/mol. The molecule has 0 radical (unpaired) electrons. The minimum absolute atomic E-state index is 0.125. The van der Waals surface area contributed by atoms with Crippen LogP contribution in [0.2, 0.25) is 0 Å². The number of carbonyl (C=O) groups excluding carboxylic acids is 2. The molecule has 8 nitrogen and oxygen atoms in total. The number of halogens is 3. The smallest absolute Gasteiger partial charge is 0.419 e. The first-order valence-electron chi connectivity index (χ1n) is 9.56. The van der Waals surface area contributed by atoms with E-state index in [1.165, 1.54) is 40.3 Å². The number of anilines is 2. The molecule has 2 amide bonds. The van der Waals surface area contributed by atoms with E-state index in [2.05, 4.69) is 15.4 Å². The number of hydrogen-bond acceptors (Lipinski definition) is 5. The van der Waals surface area contributed by atoms with Crippen molar-refractivity contribution in [2.24, 2.45) is 0 Å². The quantitative estimate of drug-likeness (QED) is 0.660. The van der Waals surface area contributed by atoms with Crippen molar-refractivity contribution in [3.8, 4) is 5.75 Å². The number of aromatic nitrogens is 3. The lowest BCUT2D eigenvalue weighted by Crippen LogP contribution is -2.43. The summed E-state index contributed by atoms with van der Waals surface area (Å²) in [5, 5.41) is 6.87. The zero-order valence-electron chi connectivity index (χ0n) is 17.1. The van der Waals surface area contributed by atoms with Gasteiger partial charge in [0.1, 0.15) is 5.75 Å². The van der Waals surface area contributed by atoms with Crippen LogP contribution in [0.5, 0.6) is 5.75 Å². The van der Waals surface area contributed by atoms with Gasteiger partial charge in [-0.15, -0.1) is 0 Å². The lowest BCUT2D eigenvalue weighted by molar-refractivity contribution is -0.138. The molecule has 0 unspecified atom stereocenters. The highest BCUT2D eigenvalue weighted by molar-refractivity contribution is 6.13. The third-order valence-electron chi connectivity index (χ3n) is 5.08. The van der Waals surface area contributed by atoms with E-state index < -0.39 is 23.6 Å². The van der Waals surface area contributed by atoms with E-state index in [-0.39, 0.29) is 35.4 Å². The SMILES string of the molecule is COc1cc(N2C[C@H](C)n3ncc(NC(=O)c4cccnc4)c3C2=O)ccc1C(F)(F)F. The van der Waals surface area contributed by atoms with Gasteiger partial charge in [-0.3, -0.25) is 19.3 Å². The number of alkyl halides is 3. The molecule has 11 heteroatoms. The molecular formula is C21H18F3N5O3. The summed E-state index contributed by atoms with van der Waals surface area (Å²) in [4.78, 5) is 31.0. The second-order valence-corrected chi connectivity index (χ2v) is 7.19. The van der Waals surface area contributed by atoms with Crippen LogP contribution in [0.15, 0.2) is 48.9 Å². The first-order valence-corrected chi connectivity index (χ1v) is 9.56. The second-order valence-electron chi connectivity index (χ2n) is 7.19. The summed E-state index contributed by atoms with van der Waals surface area (Å²) < 4.78 is 46.0. The molecule has 3 aromatic rings. The number of methoxy groups -OCH3 is 1. The fourth-order valence-corrected chi connectivity index (χ4v) is 3.55. The van der Waals surface area contributed by atoms with E-state index in [4.69, 9.17) is 4.74 Å². The van der Waals surface area contributed by atoms with E-state index in [0.717, 1.165) is 13.2 Å². The number of ether oxygens (including phenoxy) is 1. The van der Waals surface area contributed by atoms with Gasteiger partial charge in [0.25, 0.3) is 11.8 Å². The molecule has 0 fully saturated rings. The molecule has 0 bridgehead atoms. The topological polar surface area (TPSA) is 89.3 Å². The Labute approximate surface area is 180 Å². The number of amides is 2. The Morgan fingerprint density at radius 3 is 2.69 bits per heavy atom. The normalized spacial score (nSPS) is 16.0. The van der Waals surface area contributed by atoms with Gasteiger partial charge in [-0.25, -0.2) is 0 Å². The number of benzene rings is 1. The molecule has 0 aliphatic carbocycles. The summed E-state index contributed by atoms with van der Waals surface area (Å²) in [6.45, 7) is 1.99. The maximum Gasteiger partial charge on any atom is 0.419 e. The molecule has 1 aliphatic heterocycles. The molecule has 1 aromatic carbocycles.